The van der Waals surface area contributed by atoms with Crippen LogP contribution in [0.4, 0.5) is 0 Å². The molecule has 0 bridgehead atoms. The molecular weight excluding hydrogens is 210 g/mol. The Bertz CT molecular complexity index is 230. The Labute approximate surface area is 96.2 Å². The first-order chi connectivity index (χ1) is 7.51. The Morgan fingerprint density at radius 2 is 2.00 bits per heavy atom. The van der Waals surface area contributed by atoms with E-state index in [4.69, 9.17) is 9.84 Å². The second kappa shape index (κ2) is 8.10. The SMILES string of the molecule is CCOC(CC)C(=O)NCC(C)CC(=O)O. The number of ether oxygens (including phenoxy) is 1. The maximum atomic E-state index is 11.6. The lowest BCUT2D eigenvalue weighted by atomic mass is 10.1. The van der Waals surface area contributed by atoms with E-state index in [1.165, 1.54) is 0 Å². The standard InChI is InChI=1S/C11H21NO4/c1-4-9(16-5-2)11(15)12-7-8(3)6-10(13)14/h8-9H,4-7H2,1-3H3,(H,12,15)(H,13,14). The molecule has 0 aliphatic heterocycles. The molecule has 5 heteroatoms. The van der Waals surface area contributed by atoms with Crippen LogP contribution in [0.25, 0.3) is 0 Å². The molecular formula is C11H21NO4. The molecule has 2 N–H and O–H groups in total. The molecule has 0 aliphatic carbocycles. The van der Waals surface area contributed by atoms with E-state index in [-0.39, 0.29) is 18.2 Å². The Kier molecular flexibility index (Phi) is 7.54. The molecule has 0 saturated heterocycles. The van der Waals surface area contributed by atoms with Gasteiger partial charge in [0.1, 0.15) is 6.10 Å². The largest absolute Gasteiger partial charge is 0.481 e. The molecule has 0 spiro atoms. The van der Waals surface area contributed by atoms with Gasteiger partial charge in [0.2, 0.25) is 5.91 Å². The van der Waals surface area contributed by atoms with Crippen LogP contribution in [0.1, 0.15) is 33.6 Å². The zero-order valence-corrected chi connectivity index (χ0v) is 10.2. The third-order valence-electron chi connectivity index (χ3n) is 2.18. The summed E-state index contributed by atoms with van der Waals surface area (Å²) in [6.07, 6.45) is 0.251. The van der Waals surface area contributed by atoms with E-state index in [1.54, 1.807) is 6.92 Å². The maximum Gasteiger partial charge on any atom is 0.303 e. The molecule has 0 rings (SSSR count). The highest BCUT2D eigenvalue weighted by atomic mass is 16.5. The summed E-state index contributed by atoms with van der Waals surface area (Å²) in [5.74, 6) is -1.08. The Morgan fingerprint density at radius 1 is 1.38 bits per heavy atom. The van der Waals surface area contributed by atoms with E-state index in [0.29, 0.717) is 19.6 Å². The lowest BCUT2D eigenvalue weighted by molar-refractivity contribution is -0.138. The van der Waals surface area contributed by atoms with Crippen molar-refractivity contribution < 1.29 is 19.4 Å². The van der Waals surface area contributed by atoms with Gasteiger partial charge >= 0.3 is 5.97 Å². The summed E-state index contributed by atoms with van der Waals surface area (Å²) >= 11 is 0. The lowest BCUT2D eigenvalue weighted by Crippen LogP contribution is -2.38. The number of carbonyl (C=O) groups is 2. The van der Waals surface area contributed by atoms with Crippen molar-refractivity contribution in [3.8, 4) is 0 Å². The fourth-order valence-electron chi connectivity index (χ4n) is 1.34. The van der Waals surface area contributed by atoms with Gasteiger partial charge in [-0.25, -0.2) is 0 Å². The Morgan fingerprint density at radius 3 is 2.44 bits per heavy atom. The number of rotatable bonds is 8. The molecule has 0 radical (unpaired) electrons. The number of carboxylic acid groups (broad SMARTS) is 1. The normalized spacial score (nSPS) is 14.2. The van der Waals surface area contributed by atoms with Crippen LogP contribution >= 0.6 is 0 Å². The van der Waals surface area contributed by atoms with Gasteiger partial charge in [-0.05, 0) is 19.3 Å². The Balaban J connectivity index is 3.90. The maximum absolute atomic E-state index is 11.6. The van der Waals surface area contributed by atoms with Gasteiger partial charge in [0, 0.05) is 19.6 Å². The molecule has 0 aromatic rings. The number of amides is 1. The van der Waals surface area contributed by atoms with Crippen molar-refractivity contribution in [2.45, 2.75) is 39.7 Å². The Hall–Kier alpha value is -1.10. The summed E-state index contributed by atoms with van der Waals surface area (Å²) in [4.78, 5) is 22.0. The zero-order chi connectivity index (χ0) is 12.6. The van der Waals surface area contributed by atoms with Gasteiger partial charge in [-0.3, -0.25) is 9.59 Å². The zero-order valence-electron chi connectivity index (χ0n) is 10.2. The minimum Gasteiger partial charge on any atom is -0.481 e. The number of carboxylic acids is 1. The molecule has 1 amide bonds. The van der Waals surface area contributed by atoms with Crippen LogP contribution in [0.3, 0.4) is 0 Å². The molecule has 0 fully saturated rings. The van der Waals surface area contributed by atoms with E-state index >= 15 is 0 Å². The fourth-order valence-corrected chi connectivity index (χ4v) is 1.34. The molecule has 0 aromatic carbocycles. The molecule has 94 valence electrons. The topological polar surface area (TPSA) is 75.6 Å². The summed E-state index contributed by atoms with van der Waals surface area (Å²) in [5, 5.41) is 11.2. The first kappa shape index (κ1) is 14.9. The summed E-state index contributed by atoms with van der Waals surface area (Å²) < 4.78 is 5.24. The number of aliphatic carboxylic acids is 1. The van der Waals surface area contributed by atoms with Crippen LogP contribution in [0.5, 0.6) is 0 Å². The van der Waals surface area contributed by atoms with E-state index < -0.39 is 12.1 Å². The molecule has 0 aromatic heterocycles. The highest BCUT2D eigenvalue weighted by Crippen LogP contribution is 2.02. The predicted molar refractivity (Wildman–Crippen MR) is 60.1 cm³/mol. The van der Waals surface area contributed by atoms with Crippen molar-refractivity contribution in [2.75, 3.05) is 13.2 Å². The molecule has 0 heterocycles. The van der Waals surface area contributed by atoms with Crippen LogP contribution in [0.15, 0.2) is 0 Å². The van der Waals surface area contributed by atoms with Gasteiger partial charge < -0.3 is 15.2 Å². The summed E-state index contributed by atoms with van der Waals surface area (Å²) in [6, 6.07) is 0. The second-order valence-corrected chi connectivity index (χ2v) is 3.80. The third kappa shape index (κ3) is 6.40. The predicted octanol–water partition coefficient (Wildman–Crippen LogP) is 1.03. The molecule has 2 unspecified atom stereocenters. The molecule has 5 nitrogen and oxygen atoms in total. The molecule has 2 atom stereocenters. The van der Waals surface area contributed by atoms with Gasteiger partial charge in [0.15, 0.2) is 0 Å². The molecule has 16 heavy (non-hydrogen) atoms. The lowest BCUT2D eigenvalue weighted by Gasteiger charge is -2.16. The van der Waals surface area contributed by atoms with Crippen LogP contribution in [0, 0.1) is 5.92 Å². The second-order valence-electron chi connectivity index (χ2n) is 3.80. The van der Waals surface area contributed by atoms with Crippen molar-refractivity contribution in [3.63, 3.8) is 0 Å². The van der Waals surface area contributed by atoms with Crippen molar-refractivity contribution >= 4 is 11.9 Å². The van der Waals surface area contributed by atoms with Crippen molar-refractivity contribution in [2.24, 2.45) is 5.92 Å². The average molecular weight is 231 g/mol. The van der Waals surface area contributed by atoms with E-state index in [0.717, 1.165) is 0 Å². The van der Waals surface area contributed by atoms with Gasteiger partial charge in [-0.2, -0.15) is 0 Å². The highest BCUT2D eigenvalue weighted by Gasteiger charge is 2.17. The number of nitrogens with one attached hydrogen (secondary N) is 1. The number of hydrogen-bond acceptors (Lipinski definition) is 3. The van der Waals surface area contributed by atoms with Crippen molar-refractivity contribution in [3.05, 3.63) is 0 Å². The van der Waals surface area contributed by atoms with Gasteiger partial charge in [-0.15, -0.1) is 0 Å². The minimum absolute atomic E-state index is 0.0612. The average Bonchev–Trinajstić information content (AvgIpc) is 2.21. The molecule has 0 aliphatic rings. The van der Waals surface area contributed by atoms with Crippen molar-refractivity contribution in [1.29, 1.82) is 0 Å². The summed E-state index contributed by atoms with van der Waals surface area (Å²) in [7, 11) is 0. The van der Waals surface area contributed by atoms with E-state index in [2.05, 4.69) is 5.32 Å². The van der Waals surface area contributed by atoms with Crippen LogP contribution in [-0.4, -0.2) is 36.2 Å². The number of hydrogen-bond donors (Lipinski definition) is 2. The van der Waals surface area contributed by atoms with Gasteiger partial charge in [0.05, 0.1) is 0 Å². The first-order valence-corrected chi connectivity index (χ1v) is 5.62. The smallest absolute Gasteiger partial charge is 0.303 e. The molecule has 0 saturated carbocycles. The van der Waals surface area contributed by atoms with Crippen LogP contribution < -0.4 is 5.32 Å². The van der Waals surface area contributed by atoms with Crippen molar-refractivity contribution in [1.82, 2.24) is 5.32 Å². The first-order valence-electron chi connectivity index (χ1n) is 5.62. The van der Waals surface area contributed by atoms with Gasteiger partial charge in [-0.1, -0.05) is 13.8 Å². The minimum atomic E-state index is -0.849. The highest BCUT2D eigenvalue weighted by molar-refractivity contribution is 5.80. The van der Waals surface area contributed by atoms with E-state index in [9.17, 15) is 9.59 Å². The monoisotopic (exact) mass is 231 g/mol. The van der Waals surface area contributed by atoms with Crippen LogP contribution in [0.2, 0.25) is 0 Å². The van der Waals surface area contributed by atoms with E-state index in [1.807, 2.05) is 13.8 Å². The number of carbonyl (C=O) groups excluding carboxylic acids is 1. The fraction of sp³-hybridized carbons (Fsp3) is 0.818. The third-order valence-corrected chi connectivity index (χ3v) is 2.18. The quantitative estimate of drug-likeness (QED) is 0.654. The summed E-state index contributed by atoms with van der Waals surface area (Å²) in [6.45, 7) is 6.37. The summed E-state index contributed by atoms with van der Waals surface area (Å²) in [5.41, 5.74) is 0. The van der Waals surface area contributed by atoms with Gasteiger partial charge in [0.25, 0.3) is 0 Å². The van der Waals surface area contributed by atoms with Crippen LogP contribution in [-0.2, 0) is 14.3 Å².